The summed E-state index contributed by atoms with van der Waals surface area (Å²) in [5, 5.41) is 12.4. The SMILES string of the molecule is NC(=O)c1ccccc1-c1cncc(-n2nnc(-c3ccccn3)n2)c1. The Balaban J connectivity index is 1.74. The molecule has 3 aromatic heterocycles. The molecular weight excluding hydrogens is 330 g/mol. The van der Waals surface area contributed by atoms with Crippen LogP contribution in [-0.4, -0.2) is 36.1 Å². The van der Waals surface area contributed by atoms with Crippen LogP contribution in [0.2, 0.25) is 0 Å². The third-order valence-corrected chi connectivity index (χ3v) is 3.77. The van der Waals surface area contributed by atoms with E-state index < -0.39 is 5.91 Å². The van der Waals surface area contributed by atoms with E-state index in [0.29, 0.717) is 28.3 Å². The first-order valence-electron chi connectivity index (χ1n) is 7.78. The fourth-order valence-electron chi connectivity index (χ4n) is 2.56. The van der Waals surface area contributed by atoms with Crippen LogP contribution in [0.3, 0.4) is 0 Å². The maximum Gasteiger partial charge on any atom is 0.249 e. The summed E-state index contributed by atoms with van der Waals surface area (Å²) in [6.07, 6.45) is 4.93. The van der Waals surface area contributed by atoms with Crippen LogP contribution in [0.4, 0.5) is 0 Å². The predicted octanol–water partition coefficient (Wildman–Crippen LogP) is 1.89. The summed E-state index contributed by atoms with van der Waals surface area (Å²) in [7, 11) is 0. The van der Waals surface area contributed by atoms with E-state index in [1.54, 1.807) is 36.8 Å². The summed E-state index contributed by atoms with van der Waals surface area (Å²) in [5.74, 6) is -0.0872. The second-order valence-electron chi connectivity index (χ2n) is 5.46. The molecule has 0 spiro atoms. The lowest BCUT2D eigenvalue weighted by atomic mass is 10.0. The fraction of sp³-hybridized carbons (Fsp3) is 0. The van der Waals surface area contributed by atoms with E-state index in [1.165, 1.54) is 4.80 Å². The number of nitrogens with two attached hydrogens (primary N) is 1. The molecule has 126 valence electrons. The Hall–Kier alpha value is -3.94. The second-order valence-corrected chi connectivity index (χ2v) is 5.46. The smallest absolute Gasteiger partial charge is 0.249 e. The number of carbonyl (C=O) groups is 1. The van der Waals surface area contributed by atoms with E-state index in [-0.39, 0.29) is 0 Å². The Labute approximate surface area is 148 Å². The zero-order chi connectivity index (χ0) is 17.9. The maximum absolute atomic E-state index is 11.7. The molecule has 0 atom stereocenters. The molecule has 0 aliphatic rings. The molecule has 0 bridgehead atoms. The van der Waals surface area contributed by atoms with E-state index in [0.717, 1.165) is 5.56 Å². The largest absolute Gasteiger partial charge is 0.366 e. The molecule has 3 heterocycles. The van der Waals surface area contributed by atoms with Crippen molar-refractivity contribution in [2.24, 2.45) is 5.73 Å². The van der Waals surface area contributed by atoms with Crippen molar-refractivity contribution in [3.8, 4) is 28.3 Å². The van der Waals surface area contributed by atoms with Crippen LogP contribution in [0.5, 0.6) is 0 Å². The molecule has 26 heavy (non-hydrogen) atoms. The van der Waals surface area contributed by atoms with Gasteiger partial charge in [-0.05, 0) is 35.0 Å². The summed E-state index contributed by atoms with van der Waals surface area (Å²) in [4.78, 5) is 21.5. The number of hydrogen-bond donors (Lipinski definition) is 1. The van der Waals surface area contributed by atoms with Gasteiger partial charge in [0.25, 0.3) is 0 Å². The number of rotatable bonds is 4. The van der Waals surface area contributed by atoms with Crippen LogP contribution in [0.25, 0.3) is 28.3 Å². The number of carbonyl (C=O) groups excluding carboxylic acids is 1. The zero-order valence-electron chi connectivity index (χ0n) is 13.5. The van der Waals surface area contributed by atoms with Gasteiger partial charge in [-0.2, -0.15) is 0 Å². The van der Waals surface area contributed by atoms with Gasteiger partial charge in [0.15, 0.2) is 0 Å². The summed E-state index contributed by atoms with van der Waals surface area (Å²) < 4.78 is 0. The van der Waals surface area contributed by atoms with Crippen molar-refractivity contribution >= 4 is 5.91 Å². The third kappa shape index (κ3) is 2.91. The van der Waals surface area contributed by atoms with Gasteiger partial charge < -0.3 is 5.73 Å². The predicted molar refractivity (Wildman–Crippen MR) is 94.1 cm³/mol. The minimum absolute atomic E-state index is 0.411. The summed E-state index contributed by atoms with van der Waals surface area (Å²) in [5.41, 5.74) is 8.54. The molecule has 0 aliphatic carbocycles. The Morgan fingerprint density at radius 3 is 2.69 bits per heavy atom. The van der Waals surface area contributed by atoms with Crippen molar-refractivity contribution in [3.05, 3.63) is 72.7 Å². The number of tetrazole rings is 1. The van der Waals surface area contributed by atoms with Crippen LogP contribution < -0.4 is 5.73 Å². The van der Waals surface area contributed by atoms with Crippen LogP contribution in [0, 0.1) is 0 Å². The Morgan fingerprint density at radius 2 is 1.88 bits per heavy atom. The van der Waals surface area contributed by atoms with Gasteiger partial charge in [0.1, 0.15) is 11.4 Å². The molecule has 1 aromatic carbocycles. The summed E-state index contributed by atoms with van der Waals surface area (Å²) >= 11 is 0. The molecule has 0 radical (unpaired) electrons. The molecule has 0 aliphatic heterocycles. The highest BCUT2D eigenvalue weighted by molar-refractivity contribution is 5.99. The lowest BCUT2D eigenvalue weighted by Crippen LogP contribution is -2.12. The van der Waals surface area contributed by atoms with E-state index in [4.69, 9.17) is 5.73 Å². The molecule has 4 rings (SSSR count). The minimum Gasteiger partial charge on any atom is -0.366 e. The number of aromatic nitrogens is 6. The maximum atomic E-state index is 11.7. The highest BCUT2D eigenvalue weighted by Gasteiger charge is 2.12. The number of hydrogen-bond acceptors (Lipinski definition) is 6. The van der Waals surface area contributed by atoms with E-state index in [9.17, 15) is 4.79 Å². The molecule has 2 N–H and O–H groups in total. The average molecular weight is 343 g/mol. The number of nitrogens with zero attached hydrogens (tertiary/aromatic N) is 6. The van der Waals surface area contributed by atoms with E-state index >= 15 is 0 Å². The van der Waals surface area contributed by atoms with Crippen molar-refractivity contribution in [1.29, 1.82) is 0 Å². The lowest BCUT2D eigenvalue weighted by molar-refractivity contribution is 0.100. The molecule has 8 heteroatoms. The van der Waals surface area contributed by atoms with Gasteiger partial charge >= 0.3 is 0 Å². The molecule has 8 nitrogen and oxygen atoms in total. The van der Waals surface area contributed by atoms with Gasteiger partial charge in [-0.1, -0.05) is 24.3 Å². The number of amides is 1. The van der Waals surface area contributed by atoms with Gasteiger partial charge in [0.05, 0.1) is 6.20 Å². The Kier molecular flexibility index (Phi) is 3.91. The number of benzene rings is 1. The molecule has 0 fully saturated rings. The van der Waals surface area contributed by atoms with Crippen LogP contribution in [0.15, 0.2) is 67.1 Å². The molecule has 4 aromatic rings. The highest BCUT2D eigenvalue weighted by Crippen LogP contribution is 2.24. The molecule has 0 saturated carbocycles. The minimum atomic E-state index is -0.498. The molecule has 0 unspecified atom stereocenters. The summed E-state index contributed by atoms with van der Waals surface area (Å²) in [6.45, 7) is 0. The number of primary amides is 1. The van der Waals surface area contributed by atoms with Crippen LogP contribution in [0.1, 0.15) is 10.4 Å². The van der Waals surface area contributed by atoms with Crippen molar-refractivity contribution in [1.82, 2.24) is 30.2 Å². The monoisotopic (exact) mass is 343 g/mol. The molecule has 0 saturated heterocycles. The molecule has 1 amide bonds. The normalized spacial score (nSPS) is 10.6. The first kappa shape index (κ1) is 15.6. The van der Waals surface area contributed by atoms with Crippen LogP contribution >= 0.6 is 0 Å². The van der Waals surface area contributed by atoms with Gasteiger partial charge in [-0.15, -0.1) is 15.0 Å². The quantitative estimate of drug-likeness (QED) is 0.605. The third-order valence-electron chi connectivity index (χ3n) is 3.77. The van der Waals surface area contributed by atoms with Gasteiger partial charge in [-0.3, -0.25) is 14.8 Å². The standard InChI is InChI=1S/C18H13N7O/c19-17(26)15-6-2-1-5-14(15)12-9-13(11-20-10-12)25-23-18(22-24-25)16-7-3-4-8-21-16/h1-11H,(H2,19,26). The topological polar surface area (TPSA) is 112 Å². The van der Waals surface area contributed by atoms with Gasteiger partial charge in [-0.25, -0.2) is 0 Å². The van der Waals surface area contributed by atoms with Gasteiger partial charge in [0, 0.05) is 23.5 Å². The highest BCUT2D eigenvalue weighted by atomic mass is 16.1. The van der Waals surface area contributed by atoms with Crippen molar-refractivity contribution in [3.63, 3.8) is 0 Å². The average Bonchev–Trinajstić information content (AvgIpc) is 3.19. The van der Waals surface area contributed by atoms with Gasteiger partial charge in [0.2, 0.25) is 11.7 Å². The van der Waals surface area contributed by atoms with Crippen molar-refractivity contribution in [2.45, 2.75) is 0 Å². The zero-order valence-corrected chi connectivity index (χ0v) is 13.5. The van der Waals surface area contributed by atoms with Crippen LogP contribution in [-0.2, 0) is 0 Å². The first-order chi connectivity index (χ1) is 12.7. The number of pyridine rings is 2. The first-order valence-corrected chi connectivity index (χ1v) is 7.78. The lowest BCUT2D eigenvalue weighted by Gasteiger charge is -2.07. The Morgan fingerprint density at radius 1 is 1.04 bits per heavy atom. The fourth-order valence-corrected chi connectivity index (χ4v) is 2.56. The van der Waals surface area contributed by atoms with E-state index in [1.807, 2.05) is 30.3 Å². The van der Waals surface area contributed by atoms with E-state index in [2.05, 4.69) is 25.4 Å². The molecular formula is C18H13N7O. The Bertz CT molecular complexity index is 1080. The van der Waals surface area contributed by atoms with Crippen molar-refractivity contribution < 1.29 is 4.79 Å². The van der Waals surface area contributed by atoms with Crippen molar-refractivity contribution in [2.75, 3.05) is 0 Å². The summed E-state index contributed by atoms with van der Waals surface area (Å²) in [6, 6.07) is 14.4. The second kappa shape index (κ2) is 6.52.